The number of aryl methyl sites for hydroxylation is 1. The van der Waals surface area contributed by atoms with Crippen molar-refractivity contribution in [2.24, 2.45) is 0 Å². The number of halogens is 1. The Morgan fingerprint density at radius 3 is 2.30 bits per heavy atom. The second kappa shape index (κ2) is 12.2. The molecule has 43 heavy (non-hydrogen) atoms. The van der Waals surface area contributed by atoms with Crippen LogP contribution in [0.1, 0.15) is 5.69 Å². The van der Waals surface area contributed by atoms with Gasteiger partial charge < -0.3 is 34.5 Å². The number of imidazole rings is 1. The number of aromatic nitrogens is 4. The summed E-state index contributed by atoms with van der Waals surface area (Å²) < 4.78 is 23.7. The Hall–Kier alpha value is -4.74. The van der Waals surface area contributed by atoms with E-state index in [9.17, 15) is 0 Å². The van der Waals surface area contributed by atoms with Gasteiger partial charge in [0.25, 0.3) is 0 Å². The van der Waals surface area contributed by atoms with E-state index in [2.05, 4.69) is 20.5 Å². The second-order valence-corrected chi connectivity index (χ2v) is 10.3. The molecule has 3 aromatic carbocycles. The number of rotatable bonds is 9. The minimum absolute atomic E-state index is 0.379. The molecule has 0 unspecified atom stereocenters. The van der Waals surface area contributed by atoms with E-state index in [4.69, 9.17) is 40.6 Å². The first-order valence-corrected chi connectivity index (χ1v) is 14.1. The molecule has 2 N–H and O–H groups in total. The van der Waals surface area contributed by atoms with E-state index in [1.54, 1.807) is 44.2 Å². The molecule has 0 saturated carbocycles. The maximum atomic E-state index is 6.67. The van der Waals surface area contributed by atoms with Gasteiger partial charge in [-0.1, -0.05) is 23.7 Å². The van der Waals surface area contributed by atoms with Crippen molar-refractivity contribution in [3.63, 3.8) is 0 Å². The lowest BCUT2D eigenvalue weighted by molar-refractivity contribution is 0.122. The summed E-state index contributed by atoms with van der Waals surface area (Å²) in [5.41, 5.74) is 5.99. The molecular formula is C31H32ClN7O4. The van der Waals surface area contributed by atoms with E-state index in [0.29, 0.717) is 52.9 Å². The lowest BCUT2D eigenvalue weighted by Crippen LogP contribution is -2.36. The maximum absolute atomic E-state index is 6.67. The summed E-state index contributed by atoms with van der Waals surface area (Å²) in [5, 5.41) is 12.2. The van der Waals surface area contributed by atoms with Gasteiger partial charge in [-0.3, -0.25) is 0 Å². The Labute approximate surface area is 254 Å². The Bertz CT molecular complexity index is 1750. The van der Waals surface area contributed by atoms with Crippen molar-refractivity contribution in [3.05, 3.63) is 71.5 Å². The maximum Gasteiger partial charge on any atom is 0.245 e. The molecule has 1 saturated heterocycles. The molecule has 5 aromatic rings. The molecule has 0 atom stereocenters. The summed E-state index contributed by atoms with van der Waals surface area (Å²) in [5.74, 6) is 2.61. The molecule has 2 aromatic heterocycles. The first-order chi connectivity index (χ1) is 21.0. The van der Waals surface area contributed by atoms with Crippen molar-refractivity contribution < 1.29 is 18.9 Å². The Morgan fingerprint density at radius 1 is 0.860 bits per heavy atom. The third-order valence-corrected chi connectivity index (χ3v) is 7.51. The summed E-state index contributed by atoms with van der Waals surface area (Å²) in [6, 6.07) is 17.6. The molecule has 0 aliphatic carbocycles. The van der Waals surface area contributed by atoms with Gasteiger partial charge in [0.05, 0.1) is 57.1 Å². The van der Waals surface area contributed by atoms with Gasteiger partial charge in [-0.05, 0) is 37.3 Å². The van der Waals surface area contributed by atoms with Crippen LogP contribution in [0.5, 0.6) is 17.2 Å². The van der Waals surface area contributed by atoms with Crippen LogP contribution in [0.2, 0.25) is 5.02 Å². The summed E-state index contributed by atoms with van der Waals surface area (Å²) in [6.07, 6.45) is 1.75. The van der Waals surface area contributed by atoms with Crippen LogP contribution in [-0.2, 0) is 4.74 Å². The molecule has 12 heteroatoms. The molecule has 1 aliphatic heterocycles. The van der Waals surface area contributed by atoms with Crippen LogP contribution in [-0.4, -0.2) is 67.2 Å². The van der Waals surface area contributed by atoms with Crippen molar-refractivity contribution >= 4 is 45.8 Å². The average molecular weight is 602 g/mol. The fourth-order valence-corrected chi connectivity index (χ4v) is 5.40. The molecule has 0 spiro atoms. The standard InChI is InChI=1S/C31H32ClN7O4/c1-19-26-18-33-31(36-23-16-27(40-2)29(42-4)28(17-23)41-3)37-39(26)30(34-19)20-6-5-7-21(14-20)35-22-8-9-25(24(32)15-22)38-10-12-43-13-11-38/h5-9,14-18,35H,10-13H2,1-4H3,(H,36,37). The Kier molecular flexibility index (Phi) is 8.08. The monoisotopic (exact) mass is 601 g/mol. The molecule has 3 heterocycles. The number of nitrogens with zero attached hydrogens (tertiary/aromatic N) is 5. The number of nitrogens with one attached hydrogen (secondary N) is 2. The van der Waals surface area contributed by atoms with Crippen LogP contribution in [0.4, 0.5) is 28.7 Å². The number of fused-ring (bicyclic) bond motifs is 1. The number of morpholine rings is 1. The van der Waals surface area contributed by atoms with Gasteiger partial charge in [0.2, 0.25) is 11.7 Å². The highest BCUT2D eigenvalue weighted by Gasteiger charge is 2.17. The van der Waals surface area contributed by atoms with E-state index in [1.165, 1.54) is 0 Å². The quantitative estimate of drug-likeness (QED) is 0.206. The van der Waals surface area contributed by atoms with E-state index >= 15 is 0 Å². The topological polar surface area (TPSA) is 107 Å². The van der Waals surface area contributed by atoms with Crippen molar-refractivity contribution in [2.75, 3.05) is 63.2 Å². The van der Waals surface area contributed by atoms with E-state index in [-0.39, 0.29) is 0 Å². The van der Waals surface area contributed by atoms with Crippen LogP contribution in [0, 0.1) is 6.92 Å². The molecule has 0 amide bonds. The van der Waals surface area contributed by atoms with Crippen LogP contribution >= 0.6 is 11.6 Å². The number of ether oxygens (including phenoxy) is 4. The van der Waals surface area contributed by atoms with Gasteiger partial charge >= 0.3 is 0 Å². The van der Waals surface area contributed by atoms with Gasteiger partial charge in [-0.15, -0.1) is 5.10 Å². The predicted molar refractivity (Wildman–Crippen MR) is 168 cm³/mol. The highest BCUT2D eigenvalue weighted by Crippen LogP contribution is 2.40. The Morgan fingerprint density at radius 2 is 1.60 bits per heavy atom. The van der Waals surface area contributed by atoms with Crippen LogP contribution in [0.3, 0.4) is 0 Å². The number of anilines is 5. The van der Waals surface area contributed by atoms with E-state index in [1.807, 2.05) is 49.4 Å². The summed E-state index contributed by atoms with van der Waals surface area (Å²) in [6.45, 7) is 5.01. The van der Waals surface area contributed by atoms with Crippen LogP contribution < -0.4 is 29.7 Å². The fraction of sp³-hybridized carbons (Fsp3) is 0.258. The number of hydrogen-bond acceptors (Lipinski definition) is 10. The number of benzene rings is 3. The smallest absolute Gasteiger partial charge is 0.245 e. The van der Waals surface area contributed by atoms with E-state index < -0.39 is 0 Å². The molecule has 1 aliphatic rings. The van der Waals surface area contributed by atoms with Crippen molar-refractivity contribution in [1.82, 2.24) is 19.6 Å². The molecule has 222 valence electrons. The van der Waals surface area contributed by atoms with Gasteiger partial charge in [0, 0.05) is 47.8 Å². The second-order valence-electron chi connectivity index (χ2n) is 9.91. The zero-order chi connectivity index (χ0) is 29.9. The number of hydrogen-bond donors (Lipinski definition) is 2. The van der Waals surface area contributed by atoms with Crippen LogP contribution in [0.15, 0.2) is 60.8 Å². The van der Waals surface area contributed by atoms with Crippen molar-refractivity contribution in [3.8, 4) is 28.6 Å². The third-order valence-electron chi connectivity index (χ3n) is 7.21. The van der Waals surface area contributed by atoms with Gasteiger partial charge in [-0.2, -0.15) is 0 Å². The summed E-state index contributed by atoms with van der Waals surface area (Å²) >= 11 is 6.67. The number of methoxy groups -OCH3 is 3. The highest BCUT2D eigenvalue weighted by molar-refractivity contribution is 6.33. The highest BCUT2D eigenvalue weighted by atomic mass is 35.5. The van der Waals surface area contributed by atoms with E-state index in [0.717, 1.165) is 46.9 Å². The van der Waals surface area contributed by atoms with Crippen molar-refractivity contribution in [2.45, 2.75) is 6.92 Å². The molecule has 0 bridgehead atoms. The first kappa shape index (κ1) is 28.4. The zero-order valence-corrected chi connectivity index (χ0v) is 25.1. The molecule has 1 fully saturated rings. The Balaban J connectivity index is 1.27. The summed E-state index contributed by atoms with van der Waals surface area (Å²) in [7, 11) is 4.71. The third kappa shape index (κ3) is 5.81. The molecular weight excluding hydrogens is 570 g/mol. The van der Waals surface area contributed by atoms with Crippen molar-refractivity contribution in [1.29, 1.82) is 0 Å². The minimum Gasteiger partial charge on any atom is -0.493 e. The largest absolute Gasteiger partial charge is 0.493 e. The van der Waals surface area contributed by atoms with Gasteiger partial charge in [0.15, 0.2) is 17.3 Å². The van der Waals surface area contributed by atoms with Gasteiger partial charge in [-0.25, -0.2) is 14.5 Å². The average Bonchev–Trinajstić information content (AvgIpc) is 3.36. The molecule has 6 rings (SSSR count). The van der Waals surface area contributed by atoms with Crippen LogP contribution in [0.25, 0.3) is 16.9 Å². The lowest BCUT2D eigenvalue weighted by atomic mass is 10.1. The lowest BCUT2D eigenvalue weighted by Gasteiger charge is -2.29. The minimum atomic E-state index is 0.379. The first-order valence-electron chi connectivity index (χ1n) is 13.8. The normalized spacial score (nSPS) is 13.2. The summed E-state index contributed by atoms with van der Waals surface area (Å²) in [4.78, 5) is 11.6. The molecule has 0 radical (unpaired) electrons. The molecule has 11 nitrogen and oxygen atoms in total. The predicted octanol–water partition coefficient (Wildman–Crippen LogP) is 6.10. The SMILES string of the molecule is COc1cc(Nc2ncc3c(C)nc(-c4cccc(Nc5ccc(N6CCOCC6)c(Cl)c5)c4)n3n2)cc(OC)c1OC. The van der Waals surface area contributed by atoms with Gasteiger partial charge in [0.1, 0.15) is 5.52 Å². The fourth-order valence-electron chi connectivity index (χ4n) is 5.10. The zero-order valence-electron chi connectivity index (χ0n) is 24.3.